The molecular formula is C21H32N4O3S. The van der Waals surface area contributed by atoms with Crippen LogP contribution in [0.2, 0.25) is 0 Å². The van der Waals surface area contributed by atoms with Gasteiger partial charge in [-0.15, -0.1) is 11.3 Å². The first-order valence-electron chi connectivity index (χ1n) is 10.9. The monoisotopic (exact) mass is 420 g/mol. The van der Waals surface area contributed by atoms with Gasteiger partial charge in [-0.1, -0.05) is 26.7 Å². The van der Waals surface area contributed by atoms with Gasteiger partial charge in [0.25, 0.3) is 0 Å². The number of nitrogens with one attached hydrogen (secondary N) is 1. The van der Waals surface area contributed by atoms with Crippen LogP contribution in [-0.2, 0) is 20.9 Å². The molecule has 1 N–H and O–H groups in total. The Morgan fingerprint density at radius 3 is 2.90 bits per heavy atom. The second-order valence-corrected chi connectivity index (χ2v) is 9.66. The molecule has 1 aliphatic carbocycles. The lowest BCUT2D eigenvalue weighted by Crippen LogP contribution is -2.45. The second-order valence-electron chi connectivity index (χ2n) is 8.80. The number of aromatic nitrogens is 1. The van der Waals surface area contributed by atoms with Crippen LogP contribution in [0.3, 0.4) is 0 Å². The maximum absolute atomic E-state index is 12.8. The highest BCUT2D eigenvalue weighted by Gasteiger charge is 2.41. The summed E-state index contributed by atoms with van der Waals surface area (Å²) in [4.78, 5) is 34.3. The molecule has 2 saturated heterocycles. The summed E-state index contributed by atoms with van der Waals surface area (Å²) < 4.78 is 5.38. The number of amides is 2. The van der Waals surface area contributed by atoms with Crippen molar-refractivity contribution in [3.05, 3.63) is 11.1 Å². The molecule has 2 amide bonds. The third kappa shape index (κ3) is 4.81. The van der Waals surface area contributed by atoms with E-state index in [1.165, 1.54) is 24.2 Å². The van der Waals surface area contributed by atoms with E-state index in [0.717, 1.165) is 45.0 Å². The Bertz CT molecular complexity index is 733. The summed E-state index contributed by atoms with van der Waals surface area (Å²) in [6.07, 6.45) is 3.78. The predicted molar refractivity (Wildman–Crippen MR) is 113 cm³/mol. The molecule has 1 aromatic heterocycles. The number of carbonyl (C=O) groups excluding carboxylic acids is 2. The predicted octanol–water partition coefficient (Wildman–Crippen LogP) is 2.59. The number of rotatable bonds is 5. The van der Waals surface area contributed by atoms with Crippen molar-refractivity contribution in [2.45, 2.75) is 52.1 Å². The van der Waals surface area contributed by atoms with Crippen LogP contribution >= 0.6 is 11.3 Å². The van der Waals surface area contributed by atoms with Gasteiger partial charge in [0.05, 0.1) is 24.8 Å². The molecule has 3 heterocycles. The van der Waals surface area contributed by atoms with E-state index in [4.69, 9.17) is 4.74 Å². The number of hydrogen-bond donors (Lipinski definition) is 1. The molecule has 1 saturated carbocycles. The lowest BCUT2D eigenvalue weighted by molar-refractivity contribution is -0.131. The zero-order valence-corrected chi connectivity index (χ0v) is 18.2. The maximum atomic E-state index is 12.8. The van der Waals surface area contributed by atoms with Gasteiger partial charge in [0, 0.05) is 44.0 Å². The third-order valence-electron chi connectivity index (χ3n) is 6.86. The number of ether oxygens (including phenoxy) is 1. The molecule has 29 heavy (non-hydrogen) atoms. The topological polar surface area (TPSA) is 74.8 Å². The molecule has 3 aliphatic rings. The zero-order chi connectivity index (χ0) is 20.4. The smallest absolute Gasteiger partial charge is 0.231 e. The molecular weight excluding hydrogens is 388 g/mol. The summed E-state index contributed by atoms with van der Waals surface area (Å²) in [5.41, 5.74) is 0.973. The first kappa shape index (κ1) is 20.8. The Kier molecular flexibility index (Phi) is 6.51. The van der Waals surface area contributed by atoms with Crippen LogP contribution in [0.15, 0.2) is 5.38 Å². The molecule has 4 atom stereocenters. The highest BCUT2D eigenvalue weighted by atomic mass is 32.1. The van der Waals surface area contributed by atoms with Crippen LogP contribution in [0.25, 0.3) is 0 Å². The first-order valence-corrected chi connectivity index (χ1v) is 11.7. The van der Waals surface area contributed by atoms with Crippen molar-refractivity contribution < 1.29 is 14.3 Å². The third-order valence-corrected chi connectivity index (χ3v) is 7.67. The van der Waals surface area contributed by atoms with Gasteiger partial charge in [0.15, 0.2) is 5.13 Å². The van der Waals surface area contributed by atoms with E-state index in [2.05, 4.69) is 29.0 Å². The Morgan fingerprint density at radius 1 is 1.31 bits per heavy atom. The van der Waals surface area contributed by atoms with E-state index in [1.54, 1.807) is 0 Å². The quantitative estimate of drug-likeness (QED) is 0.793. The van der Waals surface area contributed by atoms with Crippen molar-refractivity contribution >= 4 is 28.3 Å². The average molecular weight is 421 g/mol. The lowest BCUT2D eigenvalue weighted by Gasteiger charge is -2.40. The van der Waals surface area contributed by atoms with Crippen molar-refractivity contribution in [3.8, 4) is 0 Å². The minimum absolute atomic E-state index is 0.0790. The lowest BCUT2D eigenvalue weighted by atomic mass is 9.77. The number of nitrogens with zero attached hydrogens (tertiary/aromatic N) is 3. The number of carbonyl (C=O) groups is 2. The molecule has 8 heteroatoms. The number of likely N-dealkylation sites (tertiary alicyclic amines) is 1. The molecule has 0 aromatic carbocycles. The molecule has 2 aliphatic heterocycles. The van der Waals surface area contributed by atoms with Gasteiger partial charge in [0.2, 0.25) is 11.8 Å². The standard InChI is InChI=1S/C21H32N4O3S/c1-14-4-3-5-18(15(14)2)25-11-16(10-19(25)26)20(27)23-21-22-17(13-29-21)12-24-6-8-28-9-7-24/h13-16,18H,3-12H2,1-2H3,(H,22,23,27)/t14-,15-,16-,18+/m1/s1. The Balaban J connectivity index is 1.31. The molecule has 0 bridgehead atoms. The van der Waals surface area contributed by atoms with E-state index in [1.807, 2.05) is 10.3 Å². The first-order chi connectivity index (χ1) is 14.0. The molecule has 0 unspecified atom stereocenters. The summed E-state index contributed by atoms with van der Waals surface area (Å²) in [6.45, 7) is 9.20. The highest BCUT2D eigenvalue weighted by molar-refractivity contribution is 7.13. The fraction of sp³-hybridized carbons (Fsp3) is 0.762. The molecule has 4 rings (SSSR count). The second kappa shape index (κ2) is 9.10. The van der Waals surface area contributed by atoms with Crippen LogP contribution in [-0.4, -0.2) is 65.5 Å². The average Bonchev–Trinajstić information content (AvgIpc) is 3.31. The zero-order valence-electron chi connectivity index (χ0n) is 17.4. The fourth-order valence-electron chi connectivity index (χ4n) is 4.85. The fourth-order valence-corrected chi connectivity index (χ4v) is 5.56. The largest absolute Gasteiger partial charge is 0.379 e. The number of thiazole rings is 1. The van der Waals surface area contributed by atoms with Crippen LogP contribution in [0.5, 0.6) is 0 Å². The van der Waals surface area contributed by atoms with Crippen molar-refractivity contribution in [3.63, 3.8) is 0 Å². The van der Waals surface area contributed by atoms with Crippen LogP contribution in [0.4, 0.5) is 5.13 Å². The van der Waals surface area contributed by atoms with Crippen molar-refractivity contribution in [2.24, 2.45) is 17.8 Å². The Labute approximate surface area is 176 Å². The van der Waals surface area contributed by atoms with Crippen molar-refractivity contribution in [2.75, 3.05) is 38.2 Å². The summed E-state index contributed by atoms with van der Waals surface area (Å²) in [7, 11) is 0. The summed E-state index contributed by atoms with van der Waals surface area (Å²) in [5.74, 6) is 0.900. The van der Waals surface area contributed by atoms with Gasteiger partial charge in [0.1, 0.15) is 0 Å². The van der Waals surface area contributed by atoms with Crippen molar-refractivity contribution in [1.82, 2.24) is 14.8 Å². The Hall–Kier alpha value is -1.51. The molecule has 3 fully saturated rings. The van der Waals surface area contributed by atoms with E-state index < -0.39 is 0 Å². The van der Waals surface area contributed by atoms with Crippen molar-refractivity contribution in [1.29, 1.82) is 0 Å². The van der Waals surface area contributed by atoms with E-state index in [9.17, 15) is 9.59 Å². The van der Waals surface area contributed by atoms with E-state index >= 15 is 0 Å². The van der Waals surface area contributed by atoms with E-state index in [0.29, 0.717) is 29.9 Å². The maximum Gasteiger partial charge on any atom is 0.231 e. The summed E-state index contributed by atoms with van der Waals surface area (Å²) >= 11 is 1.46. The number of hydrogen-bond acceptors (Lipinski definition) is 6. The molecule has 160 valence electrons. The minimum Gasteiger partial charge on any atom is -0.379 e. The number of anilines is 1. The van der Waals surface area contributed by atoms with E-state index in [-0.39, 0.29) is 23.8 Å². The minimum atomic E-state index is -0.279. The molecule has 1 aromatic rings. The van der Waals surface area contributed by atoms with Gasteiger partial charge < -0.3 is 15.0 Å². The van der Waals surface area contributed by atoms with Gasteiger partial charge in [-0.25, -0.2) is 4.98 Å². The SMILES string of the molecule is C[C@@H]1[C@H](C)CCC[C@@H]1N1C[C@H](C(=O)Nc2nc(CN3CCOCC3)cs2)CC1=O. The highest BCUT2D eigenvalue weighted by Crippen LogP contribution is 2.36. The summed E-state index contributed by atoms with van der Waals surface area (Å²) in [6, 6.07) is 0.282. The number of morpholine rings is 1. The normalized spacial score (nSPS) is 31.2. The van der Waals surface area contributed by atoms with Crippen LogP contribution < -0.4 is 5.32 Å². The molecule has 7 nitrogen and oxygen atoms in total. The Morgan fingerprint density at radius 2 is 2.10 bits per heavy atom. The van der Waals surface area contributed by atoms with Gasteiger partial charge in [-0.2, -0.15) is 0 Å². The van der Waals surface area contributed by atoms with Crippen LogP contribution in [0.1, 0.15) is 45.2 Å². The summed E-state index contributed by atoms with van der Waals surface area (Å²) in [5, 5.41) is 5.58. The van der Waals surface area contributed by atoms with Gasteiger partial charge >= 0.3 is 0 Å². The molecule has 0 radical (unpaired) electrons. The van der Waals surface area contributed by atoms with Crippen LogP contribution in [0, 0.1) is 17.8 Å². The molecule has 0 spiro atoms. The van der Waals surface area contributed by atoms with Gasteiger partial charge in [-0.3, -0.25) is 14.5 Å². The van der Waals surface area contributed by atoms with Gasteiger partial charge in [-0.05, 0) is 18.3 Å².